The Kier molecular flexibility index (Phi) is 6.63. The summed E-state index contributed by atoms with van der Waals surface area (Å²) in [5, 5.41) is 14.5. The van der Waals surface area contributed by atoms with E-state index in [0.29, 0.717) is 5.56 Å². The summed E-state index contributed by atoms with van der Waals surface area (Å²) in [5.74, 6) is -4.20. The van der Waals surface area contributed by atoms with Crippen LogP contribution >= 0.6 is 0 Å². The van der Waals surface area contributed by atoms with Gasteiger partial charge in [0, 0.05) is 44.4 Å². The van der Waals surface area contributed by atoms with Crippen LogP contribution in [0.3, 0.4) is 0 Å². The first-order valence-electron chi connectivity index (χ1n) is 11.5. The first-order valence-corrected chi connectivity index (χ1v) is 11.5. The molecule has 4 nitrogen and oxygen atoms in total. The quantitative estimate of drug-likeness (QED) is 0.697. The molecule has 1 saturated carbocycles. The third-order valence-electron chi connectivity index (χ3n) is 6.97. The van der Waals surface area contributed by atoms with Gasteiger partial charge >= 0.3 is 0 Å². The van der Waals surface area contributed by atoms with Crippen LogP contribution in [-0.2, 0) is 16.9 Å². The van der Waals surface area contributed by atoms with Gasteiger partial charge in [-0.25, -0.2) is 8.78 Å². The third kappa shape index (κ3) is 5.02. The molecule has 0 spiro atoms. The van der Waals surface area contributed by atoms with E-state index in [9.17, 15) is 18.7 Å². The van der Waals surface area contributed by atoms with Crippen molar-refractivity contribution in [2.24, 2.45) is 5.92 Å². The molecule has 0 aromatic heterocycles. The zero-order valence-corrected chi connectivity index (χ0v) is 18.6. The molecule has 32 heavy (non-hydrogen) atoms. The lowest BCUT2D eigenvalue weighted by Crippen LogP contribution is -2.54. The predicted octanol–water partition coefficient (Wildman–Crippen LogP) is 4.40. The van der Waals surface area contributed by atoms with Crippen molar-refractivity contribution in [2.45, 2.75) is 63.1 Å². The monoisotopic (exact) mass is 442 g/mol. The van der Waals surface area contributed by atoms with Gasteiger partial charge in [0.05, 0.1) is 0 Å². The molecule has 0 bridgehead atoms. The van der Waals surface area contributed by atoms with Gasteiger partial charge in [-0.2, -0.15) is 0 Å². The summed E-state index contributed by atoms with van der Waals surface area (Å²) in [6.45, 7) is 4.63. The molecule has 1 aliphatic heterocycles. The van der Waals surface area contributed by atoms with E-state index in [0.717, 1.165) is 32.5 Å². The summed E-state index contributed by atoms with van der Waals surface area (Å²) in [4.78, 5) is 15.7. The largest absolute Gasteiger partial charge is 0.375 e. The minimum absolute atomic E-state index is 0.0755. The maximum absolute atomic E-state index is 14.0. The maximum atomic E-state index is 14.0. The maximum Gasteiger partial charge on any atom is 0.257 e. The molecule has 1 unspecified atom stereocenters. The highest BCUT2D eigenvalue weighted by Crippen LogP contribution is 2.47. The first-order chi connectivity index (χ1) is 15.3. The van der Waals surface area contributed by atoms with Gasteiger partial charge < -0.3 is 10.4 Å². The van der Waals surface area contributed by atoms with Crippen LogP contribution in [0.2, 0.25) is 0 Å². The lowest BCUT2D eigenvalue weighted by molar-refractivity contribution is -0.149. The van der Waals surface area contributed by atoms with E-state index in [-0.39, 0.29) is 18.9 Å². The Morgan fingerprint density at radius 1 is 1.12 bits per heavy atom. The normalized spacial score (nSPS) is 23.6. The molecule has 1 aliphatic carbocycles. The molecule has 0 radical (unpaired) electrons. The summed E-state index contributed by atoms with van der Waals surface area (Å²) in [6.07, 6.45) is 0.894. The number of amides is 1. The van der Waals surface area contributed by atoms with Gasteiger partial charge in [-0.05, 0) is 37.3 Å². The zero-order valence-electron chi connectivity index (χ0n) is 18.6. The van der Waals surface area contributed by atoms with Gasteiger partial charge in [0.25, 0.3) is 5.91 Å². The summed E-state index contributed by atoms with van der Waals surface area (Å²) in [6, 6.07) is 16.9. The minimum Gasteiger partial charge on any atom is -0.375 e. The summed E-state index contributed by atoms with van der Waals surface area (Å²) in [7, 11) is 0. The Morgan fingerprint density at radius 3 is 2.47 bits per heavy atom. The number of rotatable bonds is 6. The number of carbonyl (C=O) groups is 1. The van der Waals surface area contributed by atoms with Crippen LogP contribution in [0, 0.1) is 12.8 Å². The number of hydrogen-bond acceptors (Lipinski definition) is 3. The Morgan fingerprint density at radius 2 is 1.84 bits per heavy atom. The van der Waals surface area contributed by atoms with Crippen molar-refractivity contribution in [3.05, 3.63) is 71.3 Å². The Labute approximate surface area is 188 Å². The highest BCUT2D eigenvalue weighted by Gasteiger charge is 2.53. The number of aliphatic hydroxyl groups is 1. The van der Waals surface area contributed by atoms with E-state index in [1.807, 2.05) is 0 Å². The molecule has 1 amide bonds. The van der Waals surface area contributed by atoms with Crippen molar-refractivity contribution in [3.63, 3.8) is 0 Å². The van der Waals surface area contributed by atoms with Crippen LogP contribution < -0.4 is 5.32 Å². The minimum atomic E-state index is -2.84. The number of carbonyl (C=O) groups excluding carboxylic acids is 1. The van der Waals surface area contributed by atoms with Gasteiger partial charge in [-0.1, -0.05) is 60.2 Å². The molecular weight excluding hydrogens is 410 g/mol. The molecule has 2 fully saturated rings. The van der Waals surface area contributed by atoms with E-state index in [4.69, 9.17) is 0 Å². The predicted molar refractivity (Wildman–Crippen MR) is 120 cm³/mol. The van der Waals surface area contributed by atoms with Crippen LogP contribution in [0.15, 0.2) is 54.6 Å². The molecule has 172 valence electrons. The van der Waals surface area contributed by atoms with Crippen molar-refractivity contribution in [1.29, 1.82) is 0 Å². The van der Waals surface area contributed by atoms with Crippen LogP contribution in [0.5, 0.6) is 0 Å². The fourth-order valence-corrected chi connectivity index (χ4v) is 5.15. The lowest BCUT2D eigenvalue weighted by atomic mass is 9.79. The van der Waals surface area contributed by atoms with Crippen molar-refractivity contribution in [2.75, 3.05) is 13.1 Å². The molecule has 4 rings (SSSR count). The second-order valence-corrected chi connectivity index (χ2v) is 9.44. The highest BCUT2D eigenvalue weighted by molar-refractivity contribution is 5.87. The number of benzene rings is 2. The molecule has 2 aromatic carbocycles. The van der Waals surface area contributed by atoms with E-state index in [1.165, 1.54) is 11.1 Å². The molecule has 2 atom stereocenters. The Hall–Kier alpha value is -2.31. The van der Waals surface area contributed by atoms with Crippen LogP contribution in [-0.4, -0.2) is 41.0 Å². The second kappa shape index (κ2) is 9.28. The highest BCUT2D eigenvalue weighted by atomic mass is 19.3. The van der Waals surface area contributed by atoms with E-state index in [2.05, 4.69) is 41.4 Å². The molecule has 2 N–H and O–H groups in total. The van der Waals surface area contributed by atoms with Gasteiger partial charge in [-0.3, -0.25) is 9.69 Å². The van der Waals surface area contributed by atoms with Crippen molar-refractivity contribution >= 4 is 5.91 Å². The van der Waals surface area contributed by atoms with Crippen molar-refractivity contribution in [1.82, 2.24) is 10.2 Å². The summed E-state index contributed by atoms with van der Waals surface area (Å²) >= 11 is 0. The average Bonchev–Trinajstić information content (AvgIpc) is 3.15. The molecule has 1 heterocycles. The molecule has 2 aliphatic rings. The summed E-state index contributed by atoms with van der Waals surface area (Å²) < 4.78 is 27.9. The second-order valence-electron chi connectivity index (χ2n) is 9.44. The third-order valence-corrected chi connectivity index (χ3v) is 6.97. The molecule has 6 heteroatoms. The van der Waals surface area contributed by atoms with Gasteiger partial charge in [-0.15, -0.1) is 0 Å². The standard InChI is InChI=1S/C26H32F2N2O2/c1-19-6-5-7-20(16-19)18-30-14-11-23(12-15-30)29-24(31)26(32,21-8-3-2-4-9-21)22-10-13-25(27,28)17-22/h2-9,16,22-23,32H,10-15,17-18H2,1H3,(H,29,31)/t22-,26?/m1/s1. The number of piperidine rings is 1. The van der Waals surface area contributed by atoms with Crippen LogP contribution in [0.1, 0.15) is 48.8 Å². The van der Waals surface area contributed by atoms with Crippen molar-refractivity contribution < 1.29 is 18.7 Å². The first kappa shape index (κ1) is 22.9. The topological polar surface area (TPSA) is 52.6 Å². The van der Waals surface area contributed by atoms with Gasteiger partial charge in [0.2, 0.25) is 5.92 Å². The number of nitrogens with zero attached hydrogens (tertiary/aromatic N) is 1. The number of hydrogen-bond donors (Lipinski definition) is 2. The van der Waals surface area contributed by atoms with Crippen LogP contribution in [0.4, 0.5) is 8.78 Å². The number of likely N-dealkylation sites (tertiary alicyclic amines) is 1. The zero-order chi connectivity index (χ0) is 22.8. The number of halogens is 2. The Balaban J connectivity index is 1.41. The fourth-order valence-electron chi connectivity index (χ4n) is 5.15. The van der Waals surface area contributed by atoms with E-state index in [1.54, 1.807) is 30.3 Å². The molecule has 1 saturated heterocycles. The van der Waals surface area contributed by atoms with Crippen LogP contribution in [0.25, 0.3) is 0 Å². The van der Waals surface area contributed by atoms with Crippen molar-refractivity contribution in [3.8, 4) is 0 Å². The average molecular weight is 443 g/mol. The van der Waals surface area contributed by atoms with Gasteiger partial charge in [0.15, 0.2) is 5.60 Å². The van der Waals surface area contributed by atoms with E-state index >= 15 is 0 Å². The van der Waals surface area contributed by atoms with Gasteiger partial charge in [0.1, 0.15) is 0 Å². The number of aryl methyl sites for hydroxylation is 1. The fraction of sp³-hybridized carbons (Fsp3) is 0.500. The number of nitrogens with one attached hydrogen (secondary N) is 1. The Bertz CT molecular complexity index is 928. The summed E-state index contributed by atoms with van der Waals surface area (Å²) in [5.41, 5.74) is 0.951. The lowest BCUT2D eigenvalue weighted by Gasteiger charge is -2.37. The number of alkyl halides is 2. The SMILES string of the molecule is Cc1cccc(CN2CCC(NC(=O)C(O)(c3ccccc3)[C@@H]3CCC(F)(F)C3)CC2)c1. The molecular formula is C26H32F2N2O2. The smallest absolute Gasteiger partial charge is 0.257 e. The van der Waals surface area contributed by atoms with E-state index < -0.39 is 29.8 Å². The molecule has 2 aromatic rings.